The number of benzene rings is 1. The molecule has 1 aromatic carbocycles. The smallest absolute Gasteiger partial charge is 0.265 e. The normalized spacial score (nSPS) is 16.8. The number of unbranched alkanes of at least 4 members (excludes halogenated alkanes) is 2. The topological polar surface area (TPSA) is 107 Å². The monoisotopic (exact) mass is 570 g/mol. The minimum Gasteiger partial charge on any atom is -0.439 e. The van der Waals surface area contributed by atoms with Crippen LogP contribution in [0.2, 0.25) is 0 Å². The number of carbonyl (C=O) groups excluding carboxylic acids is 2. The number of fused-ring (bicyclic) bond motifs is 1. The maximum absolute atomic E-state index is 13.1. The van der Waals surface area contributed by atoms with E-state index in [1.54, 1.807) is 24.3 Å². The molecule has 0 spiro atoms. The molecule has 0 unspecified atom stereocenters. The van der Waals surface area contributed by atoms with Crippen LogP contribution in [0.3, 0.4) is 0 Å². The molecule has 201 valence electrons. The number of nitrogens with zero attached hydrogens (tertiary/aromatic N) is 3. The number of hydrogen-bond acceptors (Lipinski definition) is 7. The average Bonchev–Trinajstić information content (AvgIpc) is 3.20. The van der Waals surface area contributed by atoms with Crippen molar-refractivity contribution < 1.29 is 27.3 Å². The van der Waals surface area contributed by atoms with Crippen molar-refractivity contribution in [3.8, 4) is 5.75 Å². The third-order valence-electron chi connectivity index (χ3n) is 5.92. The van der Waals surface area contributed by atoms with Crippen molar-refractivity contribution in [1.29, 1.82) is 0 Å². The van der Waals surface area contributed by atoms with Gasteiger partial charge in [-0.15, -0.1) is 0 Å². The van der Waals surface area contributed by atoms with Crippen LogP contribution in [0.1, 0.15) is 46.0 Å². The van der Waals surface area contributed by atoms with Crippen molar-refractivity contribution in [2.24, 2.45) is 0 Å². The van der Waals surface area contributed by atoms with E-state index < -0.39 is 21.9 Å². The van der Waals surface area contributed by atoms with Gasteiger partial charge in [-0.05, 0) is 55.8 Å². The van der Waals surface area contributed by atoms with Gasteiger partial charge in [0.05, 0.1) is 11.4 Å². The molecule has 9 nitrogen and oxygen atoms in total. The number of anilines is 1. The molecule has 2 amide bonds. The van der Waals surface area contributed by atoms with E-state index >= 15 is 0 Å². The molecule has 0 bridgehead atoms. The van der Waals surface area contributed by atoms with E-state index in [0.29, 0.717) is 31.3 Å². The van der Waals surface area contributed by atoms with Gasteiger partial charge in [-0.3, -0.25) is 23.9 Å². The maximum atomic E-state index is 13.1. The zero-order chi connectivity index (χ0) is 27.0. The van der Waals surface area contributed by atoms with Crippen molar-refractivity contribution >= 4 is 74.5 Å². The predicted molar refractivity (Wildman–Crippen MR) is 152 cm³/mol. The van der Waals surface area contributed by atoms with Crippen molar-refractivity contribution in [3.05, 3.63) is 60.0 Å². The first-order valence-corrected chi connectivity index (χ1v) is 14.5. The fourth-order valence-corrected chi connectivity index (χ4v) is 4.82. The van der Waals surface area contributed by atoms with Gasteiger partial charge in [0.1, 0.15) is 5.57 Å². The summed E-state index contributed by atoms with van der Waals surface area (Å²) in [5.74, 6) is -0.0788. The Kier molecular flexibility index (Phi) is 12.7. The Morgan fingerprint density at radius 2 is 1.45 bits per heavy atom. The molecule has 0 saturated carbocycles. The second kappa shape index (κ2) is 14.9. The molecule has 3 rings (SSSR count). The zero-order valence-corrected chi connectivity index (χ0v) is 25.8. The van der Waals surface area contributed by atoms with Crippen LogP contribution in [-0.4, -0.2) is 94.6 Å². The van der Waals surface area contributed by atoms with E-state index in [-0.39, 0.29) is 52.4 Å². The van der Waals surface area contributed by atoms with E-state index in [4.69, 9.17) is 21.5 Å². The fourth-order valence-electron chi connectivity index (χ4n) is 3.97. The molecule has 2 heterocycles. The molecule has 1 aromatic rings. The van der Waals surface area contributed by atoms with Gasteiger partial charge in [0, 0.05) is 49.2 Å². The van der Waals surface area contributed by atoms with Crippen molar-refractivity contribution in [2.75, 3.05) is 30.3 Å². The van der Waals surface area contributed by atoms with Gasteiger partial charge >= 0.3 is 0 Å². The van der Waals surface area contributed by atoms with E-state index in [2.05, 4.69) is 0 Å². The van der Waals surface area contributed by atoms with E-state index in [0.717, 1.165) is 31.4 Å². The number of thiocarbonyl (C=S) groups is 1. The summed E-state index contributed by atoms with van der Waals surface area (Å²) >= 11 is 5.48. The Hall–Kier alpha value is -2.02. The minimum absolute atomic E-state index is 0. The summed E-state index contributed by atoms with van der Waals surface area (Å²) in [5.41, 5.74) is 0.830. The predicted octanol–water partition coefficient (Wildman–Crippen LogP) is 3.66. The van der Waals surface area contributed by atoms with Crippen molar-refractivity contribution in [2.45, 2.75) is 46.0 Å². The molecule has 1 saturated heterocycles. The number of hydrogen-bond donors (Lipinski definition) is 1. The van der Waals surface area contributed by atoms with Crippen LogP contribution >= 0.6 is 12.2 Å². The third-order valence-corrected chi connectivity index (χ3v) is 7.16. The third kappa shape index (κ3) is 8.24. The van der Waals surface area contributed by atoms with Crippen LogP contribution in [0.15, 0.2) is 60.0 Å². The second-order valence-electron chi connectivity index (χ2n) is 8.73. The summed E-state index contributed by atoms with van der Waals surface area (Å²) in [6, 6.07) is 7.33. The second-order valence-corrected chi connectivity index (χ2v) is 10.7. The molecule has 38 heavy (non-hydrogen) atoms. The summed E-state index contributed by atoms with van der Waals surface area (Å²) in [6.07, 6.45) is 9.98. The van der Waals surface area contributed by atoms with Crippen LogP contribution in [0.25, 0.3) is 0 Å². The quantitative estimate of drug-likeness (QED) is 0.133. The maximum Gasteiger partial charge on any atom is 0.265 e. The van der Waals surface area contributed by atoms with E-state index in [1.165, 1.54) is 15.9 Å². The average molecular weight is 571 g/mol. The van der Waals surface area contributed by atoms with Crippen molar-refractivity contribution in [3.63, 3.8) is 0 Å². The molecule has 1 radical (unpaired) electrons. The van der Waals surface area contributed by atoms with Gasteiger partial charge in [0.2, 0.25) is 5.88 Å². The van der Waals surface area contributed by atoms with Crippen LogP contribution in [0.5, 0.6) is 5.75 Å². The number of amides is 2. The first-order chi connectivity index (χ1) is 17.7. The number of carbonyl (C=O) groups is 2. The van der Waals surface area contributed by atoms with Crippen molar-refractivity contribution in [1.82, 2.24) is 9.80 Å². The molecule has 1 N–H and O–H groups in total. The number of rotatable bonds is 12. The summed E-state index contributed by atoms with van der Waals surface area (Å²) in [5, 5.41) is 0.262. The summed E-state index contributed by atoms with van der Waals surface area (Å²) in [6.45, 7) is 5.28. The van der Waals surface area contributed by atoms with E-state index in [9.17, 15) is 18.0 Å². The van der Waals surface area contributed by atoms with Gasteiger partial charge in [0.15, 0.2) is 10.9 Å². The summed E-state index contributed by atoms with van der Waals surface area (Å²) < 4.78 is 37.2. The van der Waals surface area contributed by atoms with Gasteiger partial charge in [-0.25, -0.2) is 0 Å². The van der Waals surface area contributed by atoms with Crippen LogP contribution in [0, 0.1) is 0 Å². The standard InChI is InChI=1S/C26H33N3O6S2.Na/c1-3-5-16-28-24(30)20(25(31)29(26(28)36)17-6-4-2)12-7-10-15-23-27(18-11-19-37(32,33)34)21-13-8-9-14-22(21)35-23;/h7-10,12-15H,3-6,11,16-19H2,1-2H3,(H,32,33,34);/b10-7+,23-15+;. The van der Waals surface area contributed by atoms with Crippen LogP contribution < -0.4 is 9.64 Å². The summed E-state index contributed by atoms with van der Waals surface area (Å²) in [7, 11) is -4.07. The molecule has 12 heteroatoms. The van der Waals surface area contributed by atoms with E-state index in [1.807, 2.05) is 36.9 Å². The SMILES string of the molecule is CCCCN1C(=O)C(=C/C=C/C=C2/Oc3ccccc3N2CCCS(=O)(=O)O)C(=O)N(CCCC)C1=S.[Na]. The first-order valence-electron chi connectivity index (χ1n) is 12.4. The fraction of sp³-hybridized carbons (Fsp3) is 0.423. The molecular weight excluding hydrogens is 537 g/mol. The Balaban J connectivity index is 0.00000507. The Morgan fingerprint density at radius 3 is 2.03 bits per heavy atom. The summed E-state index contributed by atoms with van der Waals surface area (Å²) in [4.78, 5) is 31.0. The number of ether oxygens (including phenoxy) is 1. The number of para-hydroxylation sites is 2. The molecule has 2 aliphatic heterocycles. The molecule has 1 fully saturated rings. The van der Waals surface area contributed by atoms with Gasteiger partial charge < -0.3 is 9.64 Å². The first kappa shape index (κ1) is 32.2. The molecule has 0 atom stereocenters. The molecule has 2 aliphatic rings. The molecular formula is C26H33N3NaO6S2. The van der Waals surface area contributed by atoms with Crippen LogP contribution in [0.4, 0.5) is 5.69 Å². The van der Waals surface area contributed by atoms with Gasteiger partial charge in [-0.2, -0.15) is 8.42 Å². The van der Waals surface area contributed by atoms with Crippen LogP contribution in [-0.2, 0) is 19.7 Å². The number of allylic oxidation sites excluding steroid dienone is 4. The van der Waals surface area contributed by atoms with Gasteiger partial charge in [0.25, 0.3) is 21.9 Å². The molecule has 0 aliphatic carbocycles. The minimum atomic E-state index is -4.07. The Labute approximate surface area is 252 Å². The Bertz CT molecular complexity index is 1200. The zero-order valence-electron chi connectivity index (χ0n) is 22.1. The van der Waals surface area contributed by atoms with Gasteiger partial charge in [-0.1, -0.05) is 51.0 Å². The molecule has 0 aromatic heterocycles. The largest absolute Gasteiger partial charge is 0.439 e. The Morgan fingerprint density at radius 1 is 0.895 bits per heavy atom.